The van der Waals surface area contributed by atoms with E-state index >= 15 is 0 Å². The molecule has 0 spiro atoms. The zero-order valence-electron chi connectivity index (χ0n) is 5.08. The van der Waals surface area contributed by atoms with Gasteiger partial charge in [0.1, 0.15) is 10.3 Å². The Kier molecular flexibility index (Phi) is 1.67. The molecule has 0 fully saturated rings. The second-order valence-electron chi connectivity index (χ2n) is 1.80. The number of rotatable bonds is 0. The minimum absolute atomic E-state index is 0.220. The van der Waals surface area contributed by atoms with Gasteiger partial charge in [0, 0.05) is 0 Å². The van der Waals surface area contributed by atoms with Crippen LogP contribution in [0.3, 0.4) is 0 Å². The molecular formula is C5HCl2N3S. The molecule has 0 atom stereocenters. The average molecular weight is 206 g/mol. The van der Waals surface area contributed by atoms with Gasteiger partial charge in [-0.15, -0.1) is 0 Å². The van der Waals surface area contributed by atoms with Crippen molar-refractivity contribution >= 4 is 44.9 Å². The van der Waals surface area contributed by atoms with Crippen molar-refractivity contribution in [3.8, 4) is 0 Å². The first kappa shape index (κ1) is 7.21. The molecule has 2 rings (SSSR count). The van der Waals surface area contributed by atoms with Crippen LogP contribution < -0.4 is 0 Å². The van der Waals surface area contributed by atoms with Crippen LogP contribution in [0.15, 0.2) is 6.20 Å². The third kappa shape index (κ3) is 1.29. The molecule has 6 heteroatoms. The first-order valence-corrected chi connectivity index (χ1v) is 4.27. The Hall–Kier alpha value is -0.450. The van der Waals surface area contributed by atoms with Crippen LogP contribution in [0.2, 0.25) is 9.75 Å². The molecule has 2 aromatic heterocycles. The lowest BCUT2D eigenvalue weighted by molar-refractivity contribution is 1.22. The monoisotopic (exact) mass is 205 g/mol. The van der Waals surface area contributed by atoms with Gasteiger partial charge in [-0.3, -0.25) is 0 Å². The molecule has 3 nitrogen and oxygen atoms in total. The molecule has 0 aliphatic heterocycles. The van der Waals surface area contributed by atoms with E-state index in [0.717, 1.165) is 4.83 Å². The minimum Gasteiger partial charge on any atom is -0.224 e. The van der Waals surface area contributed by atoms with Gasteiger partial charge in [-0.05, 0) is 11.6 Å². The summed E-state index contributed by atoms with van der Waals surface area (Å²) >= 11 is 12.5. The predicted octanol–water partition coefficient (Wildman–Crippen LogP) is 2.39. The fraction of sp³-hybridized carbons (Fsp3) is 0. The Morgan fingerprint density at radius 2 is 2.09 bits per heavy atom. The van der Waals surface area contributed by atoms with Crippen molar-refractivity contribution in [2.75, 3.05) is 0 Å². The normalized spacial score (nSPS) is 10.7. The van der Waals surface area contributed by atoms with E-state index in [1.54, 1.807) is 6.20 Å². The minimum atomic E-state index is 0.220. The summed E-state index contributed by atoms with van der Waals surface area (Å²) in [5.41, 5.74) is 0.685. The average Bonchev–Trinajstić information content (AvgIpc) is 2.27. The van der Waals surface area contributed by atoms with Gasteiger partial charge in [-0.25, -0.2) is 15.0 Å². The molecule has 0 saturated heterocycles. The highest BCUT2D eigenvalue weighted by atomic mass is 35.5. The standard InChI is InChI=1S/C5HCl2N3S/c6-4-8-1-2-3(10-4)11-5(7)9-2/h1H. The number of hydrogen-bond donors (Lipinski definition) is 0. The van der Waals surface area contributed by atoms with Crippen molar-refractivity contribution in [1.29, 1.82) is 0 Å². The van der Waals surface area contributed by atoms with E-state index in [2.05, 4.69) is 15.0 Å². The zero-order chi connectivity index (χ0) is 7.84. The maximum Gasteiger partial charge on any atom is 0.223 e. The smallest absolute Gasteiger partial charge is 0.223 e. The predicted molar refractivity (Wildman–Crippen MR) is 45.2 cm³/mol. The maximum absolute atomic E-state index is 5.63. The summed E-state index contributed by atoms with van der Waals surface area (Å²) in [7, 11) is 0. The Morgan fingerprint density at radius 1 is 1.27 bits per heavy atom. The number of fused-ring (bicyclic) bond motifs is 1. The molecule has 0 radical (unpaired) electrons. The highest BCUT2D eigenvalue weighted by Gasteiger charge is 2.02. The first-order chi connectivity index (χ1) is 5.25. The fourth-order valence-corrected chi connectivity index (χ4v) is 1.82. The molecule has 11 heavy (non-hydrogen) atoms. The van der Waals surface area contributed by atoms with Crippen LogP contribution in [0.4, 0.5) is 0 Å². The van der Waals surface area contributed by atoms with Gasteiger partial charge in [-0.2, -0.15) is 0 Å². The van der Waals surface area contributed by atoms with Gasteiger partial charge in [0.05, 0.1) is 6.20 Å². The van der Waals surface area contributed by atoms with Gasteiger partial charge in [0.15, 0.2) is 4.47 Å². The lowest BCUT2D eigenvalue weighted by Crippen LogP contribution is -1.79. The largest absolute Gasteiger partial charge is 0.224 e. The molecule has 0 aliphatic carbocycles. The number of hydrogen-bond acceptors (Lipinski definition) is 4. The van der Waals surface area contributed by atoms with Crippen molar-refractivity contribution in [2.45, 2.75) is 0 Å². The van der Waals surface area contributed by atoms with Crippen LogP contribution in [0.1, 0.15) is 0 Å². The van der Waals surface area contributed by atoms with E-state index < -0.39 is 0 Å². The summed E-state index contributed by atoms with van der Waals surface area (Å²) in [5.74, 6) is 0. The molecular weight excluding hydrogens is 205 g/mol. The van der Waals surface area contributed by atoms with Crippen molar-refractivity contribution in [2.24, 2.45) is 0 Å². The van der Waals surface area contributed by atoms with Crippen molar-refractivity contribution in [1.82, 2.24) is 15.0 Å². The van der Waals surface area contributed by atoms with Crippen molar-refractivity contribution < 1.29 is 0 Å². The van der Waals surface area contributed by atoms with Gasteiger partial charge < -0.3 is 0 Å². The molecule has 56 valence electrons. The number of nitrogens with zero attached hydrogens (tertiary/aromatic N) is 3. The van der Waals surface area contributed by atoms with E-state index in [9.17, 15) is 0 Å². The lowest BCUT2D eigenvalue weighted by atomic mass is 10.6. The summed E-state index contributed by atoms with van der Waals surface area (Å²) in [5, 5.41) is 0.220. The summed E-state index contributed by atoms with van der Waals surface area (Å²) in [4.78, 5) is 12.4. The third-order valence-electron chi connectivity index (χ3n) is 1.10. The number of thiazole rings is 1. The molecule has 0 aromatic carbocycles. The number of halogens is 2. The SMILES string of the molecule is Clc1ncc2nc(Cl)sc2n1. The molecule has 0 N–H and O–H groups in total. The second-order valence-corrected chi connectivity index (χ2v) is 3.69. The molecule has 0 bridgehead atoms. The van der Waals surface area contributed by atoms with E-state index in [-0.39, 0.29) is 5.28 Å². The van der Waals surface area contributed by atoms with E-state index in [4.69, 9.17) is 23.2 Å². The van der Waals surface area contributed by atoms with Crippen LogP contribution in [-0.2, 0) is 0 Å². The molecule has 0 unspecified atom stereocenters. The molecule has 0 aliphatic rings. The maximum atomic E-state index is 5.63. The van der Waals surface area contributed by atoms with E-state index in [1.165, 1.54) is 11.3 Å². The fourth-order valence-electron chi connectivity index (χ4n) is 0.689. The van der Waals surface area contributed by atoms with Crippen molar-refractivity contribution in [3.05, 3.63) is 15.9 Å². The highest BCUT2D eigenvalue weighted by Crippen LogP contribution is 2.23. The zero-order valence-corrected chi connectivity index (χ0v) is 7.41. The first-order valence-electron chi connectivity index (χ1n) is 2.70. The summed E-state index contributed by atoms with van der Waals surface area (Å²) in [6.07, 6.45) is 1.55. The second kappa shape index (κ2) is 2.55. The molecule has 2 heterocycles. The van der Waals surface area contributed by atoms with Crippen LogP contribution in [0.5, 0.6) is 0 Å². The van der Waals surface area contributed by atoms with Gasteiger partial charge >= 0.3 is 0 Å². The Balaban J connectivity index is 2.82. The molecule has 0 amide bonds. The highest BCUT2D eigenvalue weighted by molar-refractivity contribution is 7.21. The van der Waals surface area contributed by atoms with Crippen LogP contribution >= 0.6 is 34.5 Å². The van der Waals surface area contributed by atoms with E-state index in [1.807, 2.05) is 0 Å². The Morgan fingerprint density at radius 3 is 2.91 bits per heavy atom. The quantitative estimate of drug-likeness (QED) is 0.621. The van der Waals surface area contributed by atoms with Gasteiger partial charge in [0.25, 0.3) is 0 Å². The number of aromatic nitrogens is 3. The third-order valence-corrected chi connectivity index (χ3v) is 2.35. The van der Waals surface area contributed by atoms with Gasteiger partial charge in [-0.1, -0.05) is 22.9 Å². The Bertz CT molecular complexity index is 400. The van der Waals surface area contributed by atoms with Gasteiger partial charge in [0.2, 0.25) is 5.28 Å². The van der Waals surface area contributed by atoms with Crippen LogP contribution in [0, 0.1) is 0 Å². The summed E-state index contributed by atoms with van der Waals surface area (Å²) < 4.78 is 0.455. The lowest BCUT2D eigenvalue weighted by Gasteiger charge is -1.84. The molecule has 0 saturated carbocycles. The van der Waals surface area contributed by atoms with Crippen LogP contribution in [-0.4, -0.2) is 15.0 Å². The summed E-state index contributed by atoms with van der Waals surface area (Å²) in [6, 6.07) is 0. The summed E-state index contributed by atoms with van der Waals surface area (Å²) in [6.45, 7) is 0. The molecule has 2 aromatic rings. The van der Waals surface area contributed by atoms with Crippen LogP contribution in [0.25, 0.3) is 10.3 Å². The van der Waals surface area contributed by atoms with E-state index in [0.29, 0.717) is 9.98 Å². The topological polar surface area (TPSA) is 38.7 Å². The van der Waals surface area contributed by atoms with Crippen molar-refractivity contribution in [3.63, 3.8) is 0 Å². The Labute approximate surface area is 76.0 Å².